The number of ketones is 1. The fourth-order valence-corrected chi connectivity index (χ4v) is 3.47. The third-order valence-electron chi connectivity index (χ3n) is 4.11. The van der Waals surface area contributed by atoms with Gasteiger partial charge in [-0.2, -0.15) is 0 Å². The predicted molar refractivity (Wildman–Crippen MR) is 123 cm³/mol. The van der Waals surface area contributed by atoms with Gasteiger partial charge < -0.3 is 19.7 Å². The van der Waals surface area contributed by atoms with Crippen molar-refractivity contribution in [1.82, 2.24) is 0 Å². The number of carbonyl (C=O) groups is 1. The van der Waals surface area contributed by atoms with Gasteiger partial charge in [0.25, 0.3) is 0 Å². The fourth-order valence-electron chi connectivity index (χ4n) is 2.60. The third-order valence-corrected chi connectivity index (χ3v) is 6.27. The first-order chi connectivity index (χ1) is 14.4. The van der Waals surface area contributed by atoms with Crippen LogP contribution in [0.3, 0.4) is 0 Å². The first kappa shape index (κ1) is 21.9. The SMILES string of the molecule is CCOc1ccc(Oc2ccc(C(=O)C=Cc3cc(O)c(O)c(Br)c3Br)cc2)cc1. The van der Waals surface area contributed by atoms with E-state index in [0.717, 1.165) is 5.75 Å². The largest absolute Gasteiger partial charge is 0.504 e. The van der Waals surface area contributed by atoms with Gasteiger partial charge in [-0.25, -0.2) is 0 Å². The molecule has 0 bridgehead atoms. The standard InChI is InChI=1S/C23H18Br2O5/c1-2-29-16-8-10-18(11-9-16)30-17-6-3-14(4-7-17)19(26)12-5-15-13-20(27)23(28)22(25)21(15)24/h3-13,27-28H,2H2,1H3. The van der Waals surface area contributed by atoms with E-state index in [9.17, 15) is 15.0 Å². The Balaban J connectivity index is 1.69. The van der Waals surface area contributed by atoms with Gasteiger partial charge in [0.05, 0.1) is 11.1 Å². The van der Waals surface area contributed by atoms with E-state index in [0.29, 0.717) is 38.2 Å². The summed E-state index contributed by atoms with van der Waals surface area (Å²) in [6, 6.07) is 15.4. The molecule has 0 aliphatic carbocycles. The van der Waals surface area contributed by atoms with E-state index in [1.807, 2.05) is 31.2 Å². The van der Waals surface area contributed by atoms with Crippen molar-refractivity contribution in [1.29, 1.82) is 0 Å². The number of phenols is 2. The number of halogens is 2. The predicted octanol–water partition coefficient (Wildman–Crippen LogP) is 6.71. The zero-order valence-corrected chi connectivity index (χ0v) is 19.1. The zero-order chi connectivity index (χ0) is 21.7. The van der Waals surface area contributed by atoms with Crippen LogP contribution in [0.2, 0.25) is 0 Å². The molecule has 3 rings (SSSR count). The quantitative estimate of drug-likeness (QED) is 0.200. The average Bonchev–Trinajstić information content (AvgIpc) is 2.75. The second kappa shape index (κ2) is 9.82. The fraction of sp³-hybridized carbons (Fsp3) is 0.0870. The molecule has 0 radical (unpaired) electrons. The minimum atomic E-state index is -0.284. The molecular weight excluding hydrogens is 516 g/mol. The summed E-state index contributed by atoms with van der Waals surface area (Å²) in [6.07, 6.45) is 2.95. The van der Waals surface area contributed by atoms with E-state index in [1.54, 1.807) is 30.3 Å². The molecular formula is C23H18Br2O5. The van der Waals surface area contributed by atoms with E-state index in [4.69, 9.17) is 9.47 Å². The summed E-state index contributed by atoms with van der Waals surface area (Å²) in [5, 5.41) is 19.4. The average molecular weight is 534 g/mol. The van der Waals surface area contributed by atoms with Gasteiger partial charge in [-0.1, -0.05) is 0 Å². The summed E-state index contributed by atoms with van der Waals surface area (Å²) >= 11 is 6.50. The molecule has 0 unspecified atom stereocenters. The van der Waals surface area contributed by atoms with Crippen LogP contribution in [0.25, 0.3) is 6.08 Å². The molecule has 0 atom stereocenters. The first-order valence-corrected chi connectivity index (χ1v) is 10.6. The lowest BCUT2D eigenvalue weighted by molar-refractivity contribution is 0.104. The maximum absolute atomic E-state index is 12.5. The molecule has 0 aliphatic heterocycles. The molecule has 5 nitrogen and oxygen atoms in total. The summed E-state index contributed by atoms with van der Waals surface area (Å²) in [5.41, 5.74) is 1.03. The van der Waals surface area contributed by atoms with Crippen molar-refractivity contribution in [2.24, 2.45) is 0 Å². The third kappa shape index (κ3) is 5.23. The van der Waals surface area contributed by atoms with Crippen LogP contribution in [-0.2, 0) is 0 Å². The van der Waals surface area contributed by atoms with Crippen molar-refractivity contribution in [3.8, 4) is 28.7 Å². The molecule has 0 saturated carbocycles. The summed E-state index contributed by atoms with van der Waals surface area (Å²) in [6.45, 7) is 2.53. The number of rotatable bonds is 7. The number of aromatic hydroxyl groups is 2. The number of benzene rings is 3. The van der Waals surface area contributed by atoms with E-state index < -0.39 is 0 Å². The maximum atomic E-state index is 12.5. The summed E-state index contributed by atoms with van der Waals surface area (Å²) in [5.74, 6) is 1.28. The van der Waals surface area contributed by atoms with Crippen molar-refractivity contribution in [3.63, 3.8) is 0 Å². The minimum absolute atomic E-state index is 0.210. The molecule has 0 saturated heterocycles. The normalized spacial score (nSPS) is 10.9. The Morgan fingerprint density at radius 2 is 1.50 bits per heavy atom. The first-order valence-electron chi connectivity index (χ1n) is 9.02. The van der Waals surface area contributed by atoms with Crippen LogP contribution in [0.15, 0.2) is 69.6 Å². The highest BCUT2D eigenvalue weighted by Gasteiger charge is 2.12. The highest BCUT2D eigenvalue weighted by atomic mass is 79.9. The number of allylic oxidation sites excluding steroid dienone is 1. The van der Waals surface area contributed by atoms with Crippen LogP contribution in [0.5, 0.6) is 28.7 Å². The van der Waals surface area contributed by atoms with E-state index in [-0.39, 0.29) is 17.3 Å². The molecule has 7 heteroatoms. The van der Waals surface area contributed by atoms with Crippen LogP contribution in [0, 0.1) is 0 Å². The van der Waals surface area contributed by atoms with E-state index >= 15 is 0 Å². The van der Waals surface area contributed by atoms with Gasteiger partial charge in [0.1, 0.15) is 17.2 Å². The Labute approximate surface area is 190 Å². The lowest BCUT2D eigenvalue weighted by atomic mass is 10.1. The van der Waals surface area contributed by atoms with E-state index in [1.165, 1.54) is 12.1 Å². The molecule has 30 heavy (non-hydrogen) atoms. The van der Waals surface area contributed by atoms with Gasteiger partial charge in [0.2, 0.25) is 0 Å². The van der Waals surface area contributed by atoms with Gasteiger partial charge in [-0.05, 0) is 111 Å². The van der Waals surface area contributed by atoms with Gasteiger partial charge >= 0.3 is 0 Å². The van der Waals surface area contributed by atoms with Crippen LogP contribution >= 0.6 is 31.9 Å². The summed E-state index contributed by atoms with van der Waals surface area (Å²) in [4.78, 5) is 12.5. The number of ether oxygens (including phenoxy) is 2. The van der Waals surface area contributed by atoms with Gasteiger partial charge in [-0.3, -0.25) is 4.79 Å². The highest BCUT2D eigenvalue weighted by molar-refractivity contribution is 9.13. The molecule has 0 aromatic heterocycles. The number of hydrogen-bond acceptors (Lipinski definition) is 5. The van der Waals surface area contributed by atoms with E-state index in [2.05, 4.69) is 31.9 Å². The van der Waals surface area contributed by atoms with Crippen molar-refractivity contribution < 1.29 is 24.5 Å². The van der Waals surface area contributed by atoms with Crippen LogP contribution in [-0.4, -0.2) is 22.6 Å². The van der Waals surface area contributed by atoms with Gasteiger partial charge in [0.15, 0.2) is 17.3 Å². The Hall–Kier alpha value is -2.77. The molecule has 2 N–H and O–H groups in total. The second-order valence-electron chi connectivity index (χ2n) is 6.19. The topological polar surface area (TPSA) is 76.0 Å². The summed E-state index contributed by atoms with van der Waals surface area (Å²) < 4.78 is 12.0. The number of carbonyl (C=O) groups excluding carboxylic acids is 1. The monoisotopic (exact) mass is 532 g/mol. The zero-order valence-electron chi connectivity index (χ0n) is 15.9. The molecule has 0 heterocycles. The van der Waals surface area contributed by atoms with Crippen LogP contribution in [0.4, 0.5) is 0 Å². The molecule has 0 aliphatic rings. The smallest absolute Gasteiger partial charge is 0.185 e. The Morgan fingerprint density at radius 3 is 2.10 bits per heavy atom. The molecule has 0 fully saturated rings. The van der Waals surface area contributed by atoms with Crippen LogP contribution < -0.4 is 9.47 Å². The van der Waals surface area contributed by atoms with Gasteiger partial charge in [0, 0.05) is 10.0 Å². The van der Waals surface area contributed by atoms with Crippen LogP contribution in [0.1, 0.15) is 22.8 Å². The Kier molecular flexibility index (Phi) is 7.18. The highest BCUT2D eigenvalue weighted by Crippen LogP contribution is 2.41. The Morgan fingerprint density at radius 1 is 0.933 bits per heavy atom. The lowest BCUT2D eigenvalue weighted by Crippen LogP contribution is -1.94. The maximum Gasteiger partial charge on any atom is 0.185 e. The Bertz CT molecular complexity index is 1070. The van der Waals surface area contributed by atoms with Crippen molar-refractivity contribution in [2.45, 2.75) is 6.92 Å². The molecule has 3 aromatic carbocycles. The minimum Gasteiger partial charge on any atom is -0.504 e. The van der Waals surface area contributed by atoms with Gasteiger partial charge in [-0.15, -0.1) is 0 Å². The molecule has 154 valence electrons. The number of phenolic OH excluding ortho intramolecular Hbond substituents is 2. The molecule has 0 amide bonds. The van der Waals surface area contributed by atoms with Crippen molar-refractivity contribution in [3.05, 3.63) is 80.7 Å². The summed E-state index contributed by atoms with van der Waals surface area (Å²) in [7, 11) is 0. The van der Waals surface area contributed by atoms with Crippen molar-refractivity contribution >= 4 is 43.7 Å². The number of hydrogen-bond donors (Lipinski definition) is 2. The molecule has 3 aromatic rings. The molecule has 0 spiro atoms. The van der Waals surface area contributed by atoms with Crippen molar-refractivity contribution in [2.75, 3.05) is 6.61 Å². The second-order valence-corrected chi connectivity index (χ2v) is 7.78. The lowest BCUT2D eigenvalue weighted by Gasteiger charge is -2.08.